The second kappa shape index (κ2) is 5.62. The van der Waals surface area contributed by atoms with Gasteiger partial charge in [-0.15, -0.1) is 0 Å². The summed E-state index contributed by atoms with van der Waals surface area (Å²) in [4.78, 5) is 5.78. The number of alkyl halides is 2. The van der Waals surface area contributed by atoms with Gasteiger partial charge >= 0.3 is 6.55 Å². The van der Waals surface area contributed by atoms with Crippen LogP contribution in [0.4, 0.5) is 8.78 Å². The molecule has 0 radical (unpaired) electrons. The number of nitrogens with zero attached hydrogens (tertiary/aromatic N) is 3. The third kappa shape index (κ3) is 3.17. The molecule has 0 saturated carbocycles. The average molecular weight is 320 g/mol. The van der Waals surface area contributed by atoms with E-state index >= 15 is 0 Å². The molecule has 0 unspecified atom stereocenters. The lowest BCUT2D eigenvalue weighted by atomic mass is 10.4. The van der Waals surface area contributed by atoms with Crippen molar-refractivity contribution in [2.24, 2.45) is 0 Å². The van der Waals surface area contributed by atoms with Crippen LogP contribution in [0.5, 0.6) is 0 Å². The molecule has 0 amide bonds. The van der Waals surface area contributed by atoms with Gasteiger partial charge in [-0.3, -0.25) is 9.47 Å². The van der Waals surface area contributed by atoms with Crippen molar-refractivity contribution in [3.63, 3.8) is 0 Å². The molecule has 0 aromatic carbocycles. The zero-order valence-electron chi connectivity index (χ0n) is 9.68. The maximum atomic E-state index is 12.6. The maximum Gasteiger partial charge on any atom is 0.319 e. The van der Waals surface area contributed by atoms with Crippen LogP contribution in [0.3, 0.4) is 0 Å². The topological polar surface area (TPSA) is 34.2 Å². The van der Waals surface area contributed by atoms with Crippen LogP contribution >= 0.6 is 15.9 Å². The first kappa shape index (κ1) is 13.2. The first-order chi connectivity index (χ1) is 8.56. The zero-order valence-corrected chi connectivity index (χ0v) is 11.3. The number of halogens is 3. The summed E-state index contributed by atoms with van der Waals surface area (Å²) in [7, 11) is 1.82. The maximum absolute atomic E-state index is 12.6. The molecular formula is C11H12BrF2N3O. The van der Waals surface area contributed by atoms with Gasteiger partial charge in [-0.25, -0.2) is 4.98 Å². The standard InChI is InChI=1S/C11H12BrF2N3O/c1-16(6-8-2-3-9(12)18-8)7-10-15-4-5-17(10)11(13)14/h2-5,11H,6-7H2,1H3. The second-order valence-corrected chi connectivity index (χ2v) is 4.69. The quantitative estimate of drug-likeness (QED) is 0.848. The summed E-state index contributed by atoms with van der Waals surface area (Å²) in [6, 6.07) is 3.63. The van der Waals surface area contributed by atoms with Crippen LogP contribution < -0.4 is 0 Å². The predicted molar refractivity (Wildman–Crippen MR) is 65.1 cm³/mol. The predicted octanol–water partition coefficient (Wildman–Crippen LogP) is 3.27. The van der Waals surface area contributed by atoms with Gasteiger partial charge in [0.05, 0.1) is 13.1 Å². The highest BCUT2D eigenvalue weighted by Crippen LogP contribution is 2.17. The van der Waals surface area contributed by atoms with Gasteiger partial charge in [-0.05, 0) is 35.1 Å². The number of furan rings is 1. The molecule has 98 valence electrons. The zero-order chi connectivity index (χ0) is 13.1. The van der Waals surface area contributed by atoms with Crippen LogP contribution in [0.1, 0.15) is 18.1 Å². The molecule has 0 aliphatic heterocycles. The smallest absolute Gasteiger partial charge is 0.319 e. The Morgan fingerprint density at radius 3 is 2.83 bits per heavy atom. The molecule has 7 heteroatoms. The third-order valence-corrected chi connectivity index (χ3v) is 2.85. The van der Waals surface area contributed by atoms with Gasteiger partial charge in [0, 0.05) is 12.4 Å². The molecule has 0 aliphatic rings. The van der Waals surface area contributed by atoms with Crippen LogP contribution in [0.25, 0.3) is 0 Å². The Morgan fingerprint density at radius 2 is 2.22 bits per heavy atom. The number of imidazole rings is 1. The third-order valence-electron chi connectivity index (χ3n) is 2.43. The van der Waals surface area contributed by atoms with E-state index in [9.17, 15) is 8.78 Å². The second-order valence-electron chi connectivity index (χ2n) is 3.91. The van der Waals surface area contributed by atoms with Crippen molar-refractivity contribution in [2.75, 3.05) is 7.05 Å². The van der Waals surface area contributed by atoms with Gasteiger partial charge in [0.25, 0.3) is 0 Å². The highest BCUT2D eigenvalue weighted by Gasteiger charge is 2.13. The van der Waals surface area contributed by atoms with Crippen molar-refractivity contribution in [3.8, 4) is 0 Å². The number of hydrogen-bond acceptors (Lipinski definition) is 3. The van der Waals surface area contributed by atoms with Crippen LogP contribution in [0.15, 0.2) is 33.6 Å². The van der Waals surface area contributed by atoms with Crippen LogP contribution in [-0.2, 0) is 13.1 Å². The van der Waals surface area contributed by atoms with E-state index in [0.29, 0.717) is 23.6 Å². The fourth-order valence-electron chi connectivity index (χ4n) is 1.64. The Balaban J connectivity index is 1.98. The summed E-state index contributed by atoms with van der Waals surface area (Å²) in [6.07, 6.45) is 2.65. The average Bonchev–Trinajstić information content (AvgIpc) is 2.87. The molecule has 0 aliphatic carbocycles. The molecule has 2 aromatic rings. The van der Waals surface area contributed by atoms with Gasteiger partial charge in [-0.2, -0.15) is 8.78 Å². The Bertz CT molecular complexity index is 512. The summed E-state index contributed by atoms with van der Waals surface area (Å²) in [5, 5.41) is 0. The Morgan fingerprint density at radius 1 is 1.44 bits per heavy atom. The minimum atomic E-state index is -2.56. The normalized spacial score (nSPS) is 11.7. The summed E-state index contributed by atoms with van der Waals surface area (Å²) in [5.74, 6) is 1.10. The fourth-order valence-corrected chi connectivity index (χ4v) is 1.98. The fraction of sp³-hybridized carbons (Fsp3) is 0.364. The minimum Gasteiger partial charge on any atom is -0.453 e. The lowest BCUT2D eigenvalue weighted by molar-refractivity contribution is 0.0643. The highest BCUT2D eigenvalue weighted by atomic mass is 79.9. The van der Waals surface area contributed by atoms with E-state index in [1.54, 1.807) is 6.07 Å². The molecule has 0 saturated heterocycles. The van der Waals surface area contributed by atoms with Gasteiger partial charge in [-0.1, -0.05) is 0 Å². The monoisotopic (exact) mass is 319 g/mol. The van der Waals surface area contributed by atoms with E-state index in [2.05, 4.69) is 20.9 Å². The largest absolute Gasteiger partial charge is 0.453 e. The minimum absolute atomic E-state index is 0.329. The molecule has 0 bridgehead atoms. The molecule has 18 heavy (non-hydrogen) atoms. The van der Waals surface area contributed by atoms with Gasteiger partial charge in [0.2, 0.25) is 0 Å². The van der Waals surface area contributed by atoms with Crippen LogP contribution in [0, 0.1) is 0 Å². The number of aromatic nitrogens is 2. The number of hydrogen-bond donors (Lipinski definition) is 0. The molecule has 0 atom stereocenters. The molecule has 2 aromatic heterocycles. The van der Waals surface area contributed by atoms with Crippen molar-refractivity contribution in [2.45, 2.75) is 19.6 Å². The molecule has 0 N–H and O–H groups in total. The van der Waals surface area contributed by atoms with Crippen molar-refractivity contribution in [1.29, 1.82) is 0 Å². The van der Waals surface area contributed by atoms with E-state index in [4.69, 9.17) is 4.42 Å². The van der Waals surface area contributed by atoms with Crippen molar-refractivity contribution >= 4 is 15.9 Å². The van der Waals surface area contributed by atoms with Crippen molar-refractivity contribution in [3.05, 3.63) is 40.8 Å². The Hall–Kier alpha value is -1.21. The van der Waals surface area contributed by atoms with Gasteiger partial charge < -0.3 is 4.42 Å². The molecule has 0 fully saturated rings. The molecular weight excluding hydrogens is 308 g/mol. The van der Waals surface area contributed by atoms with E-state index in [0.717, 1.165) is 10.3 Å². The molecule has 2 heterocycles. The molecule has 0 spiro atoms. The number of rotatable bonds is 5. The van der Waals surface area contributed by atoms with E-state index in [1.165, 1.54) is 12.4 Å². The summed E-state index contributed by atoms with van der Waals surface area (Å²) >= 11 is 3.21. The first-order valence-electron chi connectivity index (χ1n) is 5.29. The summed E-state index contributed by atoms with van der Waals surface area (Å²) in [6.45, 7) is -1.70. The van der Waals surface area contributed by atoms with Crippen molar-refractivity contribution in [1.82, 2.24) is 14.5 Å². The SMILES string of the molecule is CN(Cc1ccc(Br)o1)Cc1nccn1C(F)F. The van der Waals surface area contributed by atoms with Crippen molar-refractivity contribution < 1.29 is 13.2 Å². The first-order valence-corrected chi connectivity index (χ1v) is 6.08. The van der Waals surface area contributed by atoms with Crippen LogP contribution in [-0.4, -0.2) is 21.5 Å². The van der Waals surface area contributed by atoms with Gasteiger partial charge in [0.15, 0.2) is 4.67 Å². The van der Waals surface area contributed by atoms with E-state index in [1.807, 2.05) is 18.0 Å². The Kier molecular flexibility index (Phi) is 4.13. The summed E-state index contributed by atoms with van der Waals surface area (Å²) < 4.78 is 32.1. The molecule has 4 nitrogen and oxygen atoms in total. The summed E-state index contributed by atoms with van der Waals surface area (Å²) in [5.41, 5.74) is 0. The van der Waals surface area contributed by atoms with E-state index in [-0.39, 0.29) is 0 Å². The Labute approximate surface area is 111 Å². The lowest BCUT2D eigenvalue weighted by Crippen LogP contribution is -2.20. The van der Waals surface area contributed by atoms with Crippen LogP contribution in [0.2, 0.25) is 0 Å². The van der Waals surface area contributed by atoms with E-state index < -0.39 is 6.55 Å². The highest BCUT2D eigenvalue weighted by molar-refractivity contribution is 9.10. The lowest BCUT2D eigenvalue weighted by Gasteiger charge is -2.15. The van der Waals surface area contributed by atoms with Gasteiger partial charge in [0.1, 0.15) is 11.6 Å². The molecule has 2 rings (SSSR count).